The molecule has 0 radical (unpaired) electrons. The van der Waals surface area contributed by atoms with Crippen molar-refractivity contribution in [1.82, 2.24) is 15.6 Å². The molecule has 5 N–H and O–H groups in total. The third kappa shape index (κ3) is 4.24. The molecule has 0 aliphatic heterocycles. The fourth-order valence-electron chi connectivity index (χ4n) is 0.849. The Morgan fingerprint density at radius 3 is 2.88 bits per heavy atom. The van der Waals surface area contributed by atoms with Crippen molar-refractivity contribution in [3.63, 3.8) is 0 Å². The Morgan fingerprint density at radius 2 is 2.31 bits per heavy atom. The first kappa shape index (κ1) is 12.4. The fraction of sp³-hybridized carbons (Fsp3) is 0.375. The molecule has 0 aliphatic carbocycles. The van der Waals surface area contributed by atoms with Crippen molar-refractivity contribution < 1.29 is 14.7 Å². The Labute approximate surface area is 95.7 Å². The van der Waals surface area contributed by atoms with E-state index in [1.165, 1.54) is 11.3 Å². The van der Waals surface area contributed by atoms with Gasteiger partial charge in [-0.25, -0.2) is 9.78 Å². The monoisotopic (exact) mass is 244 g/mol. The summed E-state index contributed by atoms with van der Waals surface area (Å²) in [5.41, 5.74) is 5.20. The van der Waals surface area contributed by atoms with Gasteiger partial charge in [-0.3, -0.25) is 4.79 Å². The van der Waals surface area contributed by atoms with Crippen LogP contribution in [0.4, 0.5) is 4.79 Å². The summed E-state index contributed by atoms with van der Waals surface area (Å²) >= 11 is 1.42. The van der Waals surface area contributed by atoms with E-state index in [0.29, 0.717) is 6.54 Å². The number of nitrogens with two attached hydrogens (primary N) is 1. The van der Waals surface area contributed by atoms with E-state index < -0.39 is 18.0 Å². The number of aromatic nitrogens is 1. The predicted octanol–water partition coefficient (Wildman–Crippen LogP) is -0.646. The summed E-state index contributed by atoms with van der Waals surface area (Å²) in [6, 6.07) is -1.56. The Balaban J connectivity index is 2.19. The number of hydrogen-bond donors (Lipinski definition) is 4. The van der Waals surface area contributed by atoms with Gasteiger partial charge in [0.1, 0.15) is 11.0 Å². The van der Waals surface area contributed by atoms with Gasteiger partial charge in [0, 0.05) is 18.1 Å². The van der Waals surface area contributed by atoms with Crippen molar-refractivity contribution >= 4 is 23.3 Å². The highest BCUT2D eigenvalue weighted by Gasteiger charge is 2.12. The van der Waals surface area contributed by atoms with Crippen LogP contribution in [0.5, 0.6) is 0 Å². The van der Waals surface area contributed by atoms with Gasteiger partial charge >= 0.3 is 12.0 Å². The molecule has 2 amide bonds. The van der Waals surface area contributed by atoms with E-state index in [0.717, 1.165) is 5.01 Å². The number of urea groups is 1. The number of rotatable bonds is 5. The van der Waals surface area contributed by atoms with Crippen LogP contribution in [-0.4, -0.2) is 34.7 Å². The number of carboxylic acids is 1. The van der Waals surface area contributed by atoms with Gasteiger partial charge < -0.3 is 21.5 Å². The van der Waals surface area contributed by atoms with E-state index in [2.05, 4.69) is 15.6 Å². The molecule has 1 heterocycles. The van der Waals surface area contributed by atoms with Crippen molar-refractivity contribution in [3.05, 3.63) is 16.6 Å². The average Bonchev–Trinajstić information content (AvgIpc) is 2.75. The summed E-state index contributed by atoms with van der Waals surface area (Å²) in [6.07, 6.45) is 1.64. The number of carbonyl (C=O) groups excluding carboxylic acids is 1. The molecule has 0 saturated heterocycles. The molecule has 16 heavy (non-hydrogen) atoms. The minimum absolute atomic E-state index is 0.112. The van der Waals surface area contributed by atoms with Gasteiger partial charge in [0.05, 0.1) is 6.54 Å². The highest BCUT2D eigenvalue weighted by Crippen LogP contribution is 2.02. The zero-order chi connectivity index (χ0) is 12.0. The van der Waals surface area contributed by atoms with Crippen LogP contribution < -0.4 is 16.4 Å². The smallest absolute Gasteiger partial charge is 0.322 e. The van der Waals surface area contributed by atoms with Crippen LogP contribution in [0.15, 0.2) is 11.6 Å². The molecule has 1 aromatic rings. The summed E-state index contributed by atoms with van der Waals surface area (Å²) in [5, 5.41) is 15.9. The Hall–Kier alpha value is -1.67. The van der Waals surface area contributed by atoms with Gasteiger partial charge in [0.15, 0.2) is 0 Å². The number of nitrogens with one attached hydrogen (secondary N) is 2. The minimum Gasteiger partial charge on any atom is -0.480 e. The second-order valence-electron chi connectivity index (χ2n) is 2.93. The normalized spacial score (nSPS) is 11.8. The molecular weight excluding hydrogens is 232 g/mol. The zero-order valence-electron chi connectivity index (χ0n) is 8.34. The average molecular weight is 244 g/mol. The summed E-state index contributed by atoms with van der Waals surface area (Å²) in [4.78, 5) is 25.5. The van der Waals surface area contributed by atoms with Gasteiger partial charge in [0.25, 0.3) is 0 Å². The minimum atomic E-state index is -1.15. The highest BCUT2D eigenvalue weighted by atomic mass is 32.1. The second-order valence-corrected chi connectivity index (χ2v) is 3.91. The molecule has 0 bridgehead atoms. The lowest BCUT2D eigenvalue weighted by Gasteiger charge is -2.08. The van der Waals surface area contributed by atoms with Crippen LogP contribution in [0.25, 0.3) is 0 Å². The summed E-state index contributed by atoms with van der Waals surface area (Å²) < 4.78 is 0. The summed E-state index contributed by atoms with van der Waals surface area (Å²) in [5.74, 6) is -1.15. The van der Waals surface area contributed by atoms with Crippen LogP contribution >= 0.6 is 11.3 Å². The predicted molar refractivity (Wildman–Crippen MR) is 58.0 cm³/mol. The molecular formula is C8H12N4O3S. The molecule has 0 aliphatic rings. The van der Waals surface area contributed by atoms with Gasteiger partial charge in [-0.1, -0.05) is 0 Å². The zero-order valence-corrected chi connectivity index (χ0v) is 9.16. The van der Waals surface area contributed by atoms with Crippen molar-refractivity contribution in [2.75, 3.05) is 6.54 Å². The first-order valence-corrected chi connectivity index (χ1v) is 5.36. The number of thiazole rings is 1. The van der Waals surface area contributed by atoms with Crippen LogP contribution in [0.1, 0.15) is 5.01 Å². The van der Waals surface area contributed by atoms with Crippen molar-refractivity contribution in [2.45, 2.75) is 12.6 Å². The molecule has 88 valence electrons. The Bertz CT molecular complexity index is 354. The van der Waals surface area contributed by atoms with E-state index in [1.807, 2.05) is 0 Å². The second kappa shape index (κ2) is 6.03. The maximum atomic E-state index is 11.2. The number of hydrogen-bond acceptors (Lipinski definition) is 5. The third-order valence-corrected chi connectivity index (χ3v) is 2.46. The van der Waals surface area contributed by atoms with Crippen LogP contribution in [0.3, 0.4) is 0 Å². The Kier molecular flexibility index (Phi) is 4.67. The molecule has 0 saturated carbocycles. The highest BCUT2D eigenvalue weighted by molar-refractivity contribution is 7.09. The maximum Gasteiger partial charge on any atom is 0.322 e. The van der Waals surface area contributed by atoms with Gasteiger partial charge in [-0.15, -0.1) is 11.3 Å². The van der Waals surface area contributed by atoms with Crippen LogP contribution in [-0.2, 0) is 11.3 Å². The van der Waals surface area contributed by atoms with E-state index >= 15 is 0 Å². The van der Waals surface area contributed by atoms with E-state index in [9.17, 15) is 9.59 Å². The first-order valence-electron chi connectivity index (χ1n) is 4.48. The lowest BCUT2D eigenvalue weighted by molar-refractivity contribution is -0.138. The van der Waals surface area contributed by atoms with Crippen LogP contribution in [0, 0.1) is 0 Å². The van der Waals surface area contributed by atoms with Crippen molar-refractivity contribution in [3.8, 4) is 0 Å². The van der Waals surface area contributed by atoms with E-state index in [4.69, 9.17) is 10.8 Å². The first-order chi connectivity index (χ1) is 7.59. The quantitative estimate of drug-likeness (QED) is 0.549. The van der Waals surface area contributed by atoms with Gasteiger partial charge in [0.2, 0.25) is 0 Å². The topological polar surface area (TPSA) is 117 Å². The molecule has 1 aromatic heterocycles. The van der Waals surface area contributed by atoms with E-state index in [1.54, 1.807) is 11.6 Å². The lowest BCUT2D eigenvalue weighted by Crippen LogP contribution is -2.45. The molecule has 0 aromatic carbocycles. The lowest BCUT2D eigenvalue weighted by atomic mass is 10.3. The molecule has 1 atom stereocenters. The van der Waals surface area contributed by atoms with E-state index in [-0.39, 0.29) is 6.54 Å². The summed E-state index contributed by atoms with van der Waals surface area (Å²) in [6.45, 7) is 0.199. The number of carbonyl (C=O) groups is 2. The molecule has 8 heteroatoms. The summed E-state index contributed by atoms with van der Waals surface area (Å²) in [7, 11) is 0. The van der Waals surface area contributed by atoms with Crippen molar-refractivity contribution in [2.24, 2.45) is 5.73 Å². The molecule has 0 fully saturated rings. The molecule has 7 nitrogen and oxygen atoms in total. The van der Waals surface area contributed by atoms with Crippen molar-refractivity contribution in [1.29, 1.82) is 0 Å². The fourth-order valence-corrected chi connectivity index (χ4v) is 1.40. The van der Waals surface area contributed by atoms with Crippen LogP contribution in [0.2, 0.25) is 0 Å². The number of aliphatic carboxylic acids is 1. The standard InChI is InChI=1S/C8H12N4O3S/c9-5(7(13)14)3-11-8(15)12-4-6-10-1-2-16-6/h1-2,5H,3-4,9H2,(H,13,14)(H2,11,12,15). The number of nitrogens with zero attached hydrogens (tertiary/aromatic N) is 1. The van der Waals surface area contributed by atoms with Gasteiger partial charge in [-0.2, -0.15) is 0 Å². The number of carboxylic acid groups (broad SMARTS) is 1. The number of amides is 2. The van der Waals surface area contributed by atoms with Gasteiger partial charge in [-0.05, 0) is 0 Å². The maximum absolute atomic E-state index is 11.2. The largest absolute Gasteiger partial charge is 0.480 e. The molecule has 1 rings (SSSR count). The molecule has 1 unspecified atom stereocenters. The third-order valence-electron chi connectivity index (χ3n) is 1.68. The SMILES string of the molecule is NC(CNC(=O)NCc1nccs1)C(=O)O. The Morgan fingerprint density at radius 1 is 1.56 bits per heavy atom. The molecule has 0 spiro atoms.